The van der Waals surface area contributed by atoms with Crippen molar-refractivity contribution in [3.8, 4) is 0 Å². The number of amides is 1. The second-order valence-electron chi connectivity index (χ2n) is 4.98. The fraction of sp³-hybridized carbons (Fsp3) is 0.267. The molecule has 0 saturated heterocycles. The third-order valence-corrected chi connectivity index (χ3v) is 4.22. The first-order valence-corrected chi connectivity index (χ1v) is 8.02. The maximum absolute atomic E-state index is 11.6. The zero-order valence-electron chi connectivity index (χ0n) is 12.8. The zero-order chi connectivity index (χ0) is 17.0. The van der Waals surface area contributed by atoms with Crippen LogP contribution in [0, 0.1) is 5.92 Å². The Balaban J connectivity index is 2.06. The third-order valence-electron chi connectivity index (χ3n) is 2.88. The maximum atomic E-state index is 11.6. The Labute approximate surface area is 142 Å². The van der Waals surface area contributed by atoms with Gasteiger partial charge in [0.1, 0.15) is 0 Å². The standard InChI is InChI=1S/C15H16ClN3O3S/c1-8(2)13(20)17-9-4-6-10(7-5-9)18-15-19-12(16)11(23-15)14(21)22-3/h4-8H,1-3H3,(H,17,20)(H,18,19). The van der Waals surface area contributed by atoms with Crippen LogP contribution in [0.2, 0.25) is 5.15 Å². The van der Waals surface area contributed by atoms with E-state index in [4.69, 9.17) is 11.6 Å². The molecule has 0 aliphatic carbocycles. The van der Waals surface area contributed by atoms with Crippen molar-refractivity contribution in [1.29, 1.82) is 0 Å². The van der Waals surface area contributed by atoms with E-state index in [1.54, 1.807) is 24.3 Å². The van der Waals surface area contributed by atoms with Gasteiger partial charge in [-0.2, -0.15) is 0 Å². The number of halogens is 1. The predicted octanol–water partition coefficient (Wildman–Crippen LogP) is 3.92. The van der Waals surface area contributed by atoms with Crippen LogP contribution in [-0.2, 0) is 9.53 Å². The topological polar surface area (TPSA) is 80.3 Å². The van der Waals surface area contributed by atoms with Gasteiger partial charge in [0.15, 0.2) is 15.2 Å². The van der Waals surface area contributed by atoms with Crippen LogP contribution in [0.5, 0.6) is 0 Å². The molecule has 122 valence electrons. The van der Waals surface area contributed by atoms with Gasteiger partial charge in [-0.3, -0.25) is 4.79 Å². The number of aromatic nitrogens is 1. The molecule has 0 atom stereocenters. The van der Waals surface area contributed by atoms with Gasteiger partial charge < -0.3 is 15.4 Å². The second-order valence-corrected chi connectivity index (χ2v) is 6.33. The lowest BCUT2D eigenvalue weighted by molar-refractivity contribution is -0.118. The summed E-state index contributed by atoms with van der Waals surface area (Å²) in [5.41, 5.74) is 1.47. The van der Waals surface area contributed by atoms with Crippen molar-refractivity contribution < 1.29 is 14.3 Å². The van der Waals surface area contributed by atoms with Crippen molar-refractivity contribution in [2.24, 2.45) is 5.92 Å². The SMILES string of the molecule is COC(=O)c1sc(Nc2ccc(NC(=O)C(C)C)cc2)nc1Cl. The maximum Gasteiger partial charge on any atom is 0.351 e. The summed E-state index contributed by atoms with van der Waals surface area (Å²) in [5, 5.41) is 6.44. The highest BCUT2D eigenvalue weighted by atomic mass is 35.5. The Morgan fingerprint density at radius 3 is 2.39 bits per heavy atom. The van der Waals surface area contributed by atoms with E-state index in [1.165, 1.54) is 7.11 Å². The minimum Gasteiger partial charge on any atom is -0.465 e. The largest absolute Gasteiger partial charge is 0.465 e. The normalized spacial score (nSPS) is 10.5. The van der Waals surface area contributed by atoms with Crippen LogP contribution in [0.25, 0.3) is 0 Å². The Morgan fingerprint density at radius 2 is 1.83 bits per heavy atom. The lowest BCUT2D eigenvalue weighted by atomic mass is 10.2. The van der Waals surface area contributed by atoms with Gasteiger partial charge in [-0.15, -0.1) is 0 Å². The summed E-state index contributed by atoms with van der Waals surface area (Å²) in [5.74, 6) is -0.644. The molecule has 0 radical (unpaired) electrons. The average Bonchev–Trinajstić information content (AvgIpc) is 2.88. The van der Waals surface area contributed by atoms with Crippen molar-refractivity contribution in [2.75, 3.05) is 17.7 Å². The molecule has 2 aromatic rings. The molecule has 1 aromatic carbocycles. The number of nitrogens with one attached hydrogen (secondary N) is 2. The quantitative estimate of drug-likeness (QED) is 0.796. The molecule has 1 heterocycles. The van der Waals surface area contributed by atoms with Gasteiger partial charge >= 0.3 is 5.97 Å². The van der Waals surface area contributed by atoms with Crippen LogP contribution in [0.15, 0.2) is 24.3 Å². The van der Waals surface area contributed by atoms with Crippen LogP contribution < -0.4 is 10.6 Å². The molecule has 8 heteroatoms. The van der Waals surface area contributed by atoms with Crippen molar-refractivity contribution in [1.82, 2.24) is 4.98 Å². The Bertz CT molecular complexity index is 713. The minimum absolute atomic E-state index is 0.0415. The number of rotatable bonds is 5. The number of ether oxygens (including phenoxy) is 1. The molecular formula is C15H16ClN3O3S. The van der Waals surface area contributed by atoms with Gasteiger partial charge in [0.05, 0.1) is 7.11 Å². The van der Waals surface area contributed by atoms with E-state index in [0.29, 0.717) is 10.8 Å². The first-order valence-electron chi connectivity index (χ1n) is 6.83. The molecule has 0 unspecified atom stereocenters. The van der Waals surface area contributed by atoms with E-state index in [1.807, 2.05) is 13.8 Å². The molecule has 0 spiro atoms. The van der Waals surface area contributed by atoms with Crippen LogP contribution in [-0.4, -0.2) is 24.0 Å². The molecule has 2 N–H and O–H groups in total. The van der Waals surface area contributed by atoms with E-state index in [2.05, 4.69) is 20.4 Å². The molecule has 1 aromatic heterocycles. The van der Waals surface area contributed by atoms with Gasteiger partial charge in [-0.1, -0.05) is 36.8 Å². The summed E-state index contributed by atoms with van der Waals surface area (Å²) < 4.78 is 4.63. The lowest BCUT2D eigenvalue weighted by Crippen LogP contribution is -2.17. The molecule has 23 heavy (non-hydrogen) atoms. The number of esters is 1. The average molecular weight is 354 g/mol. The molecule has 0 bridgehead atoms. The van der Waals surface area contributed by atoms with Crippen molar-refractivity contribution in [3.63, 3.8) is 0 Å². The minimum atomic E-state index is -0.521. The first-order chi connectivity index (χ1) is 10.9. The molecule has 0 saturated carbocycles. The van der Waals surface area contributed by atoms with Crippen molar-refractivity contribution in [3.05, 3.63) is 34.3 Å². The summed E-state index contributed by atoms with van der Waals surface area (Å²) in [6, 6.07) is 7.14. The zero-order valence-corrected chi connectivity index (χ0v) is 14.4. The number of thiazole rings is 1. The van der Waals surface area contributed by atoms with Crippen LogP contribution in [0.4, 0.5) is 16.5 Å². The van der Waals surface area contributed by atoms with Crippen molar-refractivity contribution in [2.45, 2.75) is 13.8 Å². The van der Waals surface area contributed by atoms with E-state index in [9.17, 15) is 9.59 Å². The smallest absolute Gasteiger partial charge is 0.351 e. The van der Waals surface area contributed by atoms with E-state index in [0.717, 1.165) is 17.0 Å². The lowest BCUT2D eigenvalue weighted by Gasteiger charge is -2.08. The monoisotopic (exact) mass is 353 g/mol. The highest BCUT2D eigenvalue weighted by Crippen LogP contribution is 2.30. The van der Waals surface area contributed by atoms with Crippen LogP contribution in [0.1, 0.15) is 23.5 Å². The molecule has 2 rings (SSSR count). The van der Waals surface area contributed by atoms with E-state index in [-0.39, 0.29) is 21.9 Å². The molecule has 0 fully saturated rings. The van der Waals surface area contributed by atoms with Gasteiger partial charge in [0.25, 0.3) is 0 Å². The number of anilines is 3. The highest BCUT2D eigenvalue weighted by Gasteiger charge is 2.17. The Kier molecular flexibility index (Phi) is 5.57. The summed E-state index contributed by atoms with van der Waals surface area (Å²) in [7, 11) is 1.29. The van der Waals surface area contributed by atoms with E-state index < -0.39 is 5.97 Å². The third kappa shape index (κ3) is 4.43. The second kappa shape index (κ2) is 7.43. The molecule has 0 aliphatic heterocycles. The fourth-order valence-corrected chi connectivity index (χ4v) is 2.74. The van der Waals surface area contributed by atoms with Gasteiger partial charge in [-0.25, -0.2) is 9.78 Å². The predicted molar refractivity (Wildman–Crippen MR) is 91.7 cm³/mol. The summed E-state index contributed by atoms with van der Waals surface area (Å²) >= 11 is 7.02. The molecule has 6 nitrogen and oxygen atoms in total. The van der Waals surface area contributed by atoms with Crippen LogP contribution in [0.3, 0.4) is 0 Å². The highest BCUT2D eigenvalue weighted by molar-refractivity contribution is 7.18. The first kappa shape index (κ1) is 17.2. The van der Waals surface area contributed by atoms with Gasteiger partial charge in [0.2, 0.25) is 5.91 Å². The number of methoxy groups -OCH3 is 1. The molecular weight excluding hydrogens is 338 g/mol. The molecule has 0 aliphatic rings. The van der Waals surface area contributed by atoms with Crippen LogP contribution >= 0.6 is 22.9 Å². The summed E-state index contributed by atoms with van der Waals surface area (Å²) in [6.45, 7) is 3.66. The Hall–Kier alpha value is -2.12. The van der Waals surface area contributed by atoms with Gasteiger partial charge in [-0.05, 0) is 24.3 Å². The molecule has 1 amide bonds. The Morgan fingerprint density at radius 1 is 1.22 bits per heavy atom. The number of benzene rings is 1. The van der Waals surface area contributed by atoms with Gasteiger partial charge in [0, 0.05) is 17.3 Å². The number of carbonyl (C=O) groups is 2. The number of hydrogen-bond donors (Lipinski definition) is 2. The number of carbonyl (C=O) groups excluding carboxylic acids is 2. The summed E-state index contributed by atoms with van der Waals surface area (Å²) in [4.78, 5) is 27.4. The summed E-state index contributed by atoms with van der Waals surface area (Å²) in [6.07, 6.45) is 0. The fourth-order valence-electron chi connectivity index (χ4n) is 1.62. The van der Waals surface area contributed by atoms with Crippen molar-refractivity contribution >= 4 is 51.3 Å². The number of hydrogen-bond acceptors (Lipinski definition) is 6. The number of nitrogens with zero attached hydrogens (tertiary/aromatic N) is 1. The van der Waals surface area contributed by atoms with E-state index >= 15 is 0 Å².